The highest BCUT2D eigenvalue weighted by Gasteiger charge is 2.01. The first-order valence-electron chi connectivity index (χ1n) is 7.88. The lowest BCUT2D eigenvalue weighted by Crippen LogP contribution is -1.93. The molecule has 0 fully saturated rings. The van der Waals surface area contributed by atoms with Gasteiger partial charge in [0.05, 0.1) is 0 Å². The van der Waals surface area contributed by atoms with Crippen molar-refractivity contribution in [3.8, 4) is 0 Å². The molecule has 0 N–H and O–H groups in total. The van der Waals surface area contributed by atoms with Gasteiger partial charge in [0, 0.05) is 4.47 Å². The van der Waals surface area contributed by atoms with E-state index in [1.165, 1.54) is 32.3 Å². The molecule has 23 heavy (non-hydrogen) atoms. The van der Waals surface area contributed by atoms with Crippen molar-refractivity contribution >= 4 is 15.9 Å². The summed E-state index contributed by atoms with van der Waals surface area (Å²) < 4.78 is 1.18. The van der Waals surface area contributed by atoms with Crippen LogP contribution in [-0.2, 0) is 6.42 Å². The van der Waals surface area contributed by atoms with Crippen LogP contribution < -0.4 is 0 Å². The third-order valence-corrected chi connectivity index (χ3v) is 4.87. The third-order valence-electron chi connectivity index (χ3n) is 3.98. The standard InChI is InChI=1S/C15H16.C7H7Br/c1-12-7-3-5-9-14(12)11-15-10-6-4-8-13(15)2;1-6-4-2-3-5-7(6)8/h3-10H,11H2,1-2H3;2-5H,1H3. The molecule has 0 aliphatic rings. The van der Waals surface area contributed by atoms with Crippen LogP contribution in [0.4, 0.5) is 0 Å². The van der Waals surface area contributed by atoms with Gasteiger partial charge in [-0.25, -0.2) is 0 Å². The second kappa shape index (κ2) is 8.69. The fourth-order valence-electron chi connectivity index (χ4n) is 2.37. The van der Waals surface area contributed by atoms with Gasteiger partial charge in [0.2, 0.25) is 0 Å². The monoisotopic (exact) mass is 366 g/mol. The Morgan fingerprint density at radius 3 is 1.30 bits per heavy atom. The van der Waals surface area contributed by atoms with Gasteiger partial charge in [-0.15, -0.1) is 0 Å². The van der Waals surface area contributed by atoms with E-state index in [4.69, 9.17) is 0 Å². The molecule has 3 rings (SSSR count). The normalized spacial score (nSPS) is 9.91. The number of aryl methyl sites for hydroxylation is 3. The molecule has 0 radical (unpaired) electrons. The van der Waals surface area contributed by atoms with E-state index in [2.05, 4.69) is 91.3 Å². The minimum atomic E-state index is 1.04. The van der Waals surface area contributed by atoms with Crippen molar-refractivity contribution in [1.82, 2.24) is 0 Å². The molecule has 0 heterocycles. The average Bonchev–Trinajstić information content (AvgIpc) is 2.55. The van der Waals surface area contributed by atoms with Crippen molar-refractivity contribution in [2.45, 2.75) is 27.2 Å². The number of benzene rings is 3. The van der Waals surface area contributed by atoms with Crippen molar-refractivity contribution in [1.29, 1.82) is 0 Å². The highest BCUT2D eigenvalue weighted by Crippen LogP contribution is 2.16. The zero-order valence-electron chi connectivity index (χ0n) is 14.0. The molecule has 3 aromatic carbocycles. The predicted octanol–water partition coefficient (Wildman–Crippen LogP) is 6.65. The van der Waals surface area contributed by atoms with Crippen LogP contribution in [0.1, 0.15) is 27.8 Å². The van der Waals surface area contributed by atoms with Crippen molar-refractivity contribution in [3.63, 3.8) is 0 Å². The molecule has 0 bridgehead atoms. The lowest BCUT2D eigenvalue weighted by Gasteiger charge is -2.07. The molecule has 0 atom stereocenters. The van der Waals surface area contributed by atoms with Gasteiger partial charge in [-0.3, -0.25) is 0 Å². The minimum absolute atomic E-state index is 1.04. The van der Waals surface area contributed by atoms with E-state index in [0.29, 0.717) is 0 Å². The van der Waals surface area contributed by atoms with Crippen molar-refractivity contribution in [2.24, 2.45) is 0 Å². The largest absolute Gasteiger partial charge is 0.0620 e. The van der Waals surface area contributed by atoms with E-state index in [0.717, 1.165) is 6.42 Å². The summed E-state index contributed by atoms with van der Waals surface area (Å²) in [6, 6.07) is 25.3. The number of rotatable bonds is 2. The van der Waals surface area contributed by atoms with Gasteiger partial charge in [-0.2, -0.15) is 0 Å². The van der Waals surface area contributed by atoms with Crippen LogP contribution >= 0.6 is 15.9 Å². The summed E-state index contributed by atoms with van der Waals surface area (Å²) in [4.78, 5) is 0. The Morgan fingerprint density at radius 2 is 0.957 bits per heavy atom. The molecule has 0 spiro atoms. The van der Waals surface area contributed by atoms with E-state index >= 15 is 0 Å². The first-order valence-corrected chi connectivity index (χ1v) is 8.67. The Bertz CT molecular complexity index is 695. The van der Waals surface area contributed by atoms with Crippen LogP contribution in [0.3, 0.4) is 0 Å². The molecule has 0 aliphatic carbocycles. The molecular formula is C22H23Br. The molecule has 0 nitrogen and oxygen atoms in total. The van der Waals surface area contributed by atoms with Crippen LogP contribution in [0.25, 0.3) is 0 Å². The molecule has 0 aromatic heterocycles. The Balaban J connectivity index is 0.000000203. The second-order valence-corrected chi connectivity index (χ2v) is 6.63. The van der Waals surface area contributed by atoms with Gasteiger partial charge in [-0.1, -0.05) is 82.7 Å². The Morgan fingerprint density at radius 1 is 0.565 bits per heavy atom. The Hall–Kier alpha value is -1.86. The summed E-state index contributed by atoms with van der Waals surface area (Å²) >= 11 is 3.40. The summed E-state index contributed by atoms with van der Waals surface area (Å²) in [5.74, 6) is 0. The van der Waals surface area contributed by atoms with Crippen molar-refractivity contribution in [2.75, 3.05) is 0 Å². The highest BCUT2D eigenvalue weighted by atomic mass is 79.9. The zero-order chi connectivity index (χ0) is 16.7. The van der Waals surface area contributed by atoms with Gasteiger partial charge in [0.25, 0.3) is 0 Å². The average molecular weight is 367 g/mol. The highest BCUT2D eigenvalue weighted by molar-refractivity contribution is 9.10. The molecule has 0 saturated carbocycles. The summed E-state index contributed by atoms with van der Waals surface area (Å²) in [6.07, 6.45) is 1.04. The third kappa shape index (κ3) is 5.37. The lowest BCUT2D eigenvalue weighted by molar-refractivity contribution is 1.13. The van der Waals surface area contributed by atoms with Crippen molar-refractivity contribution in [3.05, 3.63) is 105 Å². The van der Waals surface area contributed by atoms with Crippen LogP contribution in [0.2, 0.25) is 0 Å². The number of hydrogen-bond acceptors (Lipinski definition) is 0. The first-order chi connectivity index (χ1) is 11.1. The van der Waals surface area contributed by atoms with Crippen LogP contribution in [0, 0.1) is 20.8 Å². The minimum Gasteiger partial charge on any atom is -0.0620 e. The first kappa shape index (κ1) is 17.5. The second-order valence-electron chi connectivity index (χ2n) is 5.78. The summed E-state index contributed by atoms with van der Waals surface area (Å²) in [5.41, 5.74) is 6.88. The van der Waals surface area contributed by atoms with E-state index in [9.17, 15) is 0 Å². The van der Waals surface area contributed by atoms with Crippen LogP contribution in [-0.4, -0.2) is 0 Å². The fraction of sp³-hybridized carbons (Fsp3) is 0.182. The molecule has 0 saturated heterocycles. The van der Waals surface area contributed by atoms with Gasteiger partial charge >= 0.3 is 0 Å². The maximum absolute atomic E-state index is 3.40. The maximum atomic E-state index is 3.40. The smallest absolute Gasteiger partial charge is 0.0204 e. The SMILES string of the molecule is Cc1ccccc1Br.Cc1ccccc1Cc1ccccc1C. The summed E-state index contributed by atoms with van der Waals surface area (Å²) in [6.45, 7) is 6.42. The lowest BCUT2D eigenvalue weighted by atomic mass is 9.98. The molecular weight excluding hydrogens is 344 g/mol. The van der Waals surface area contributed by atoms with Gasteiger partial charge < -0.3 is 0 Å². The van der Waals surface area contributed by atoms with E-state index in [1.807, 2.05) is 18.2 Å². The number of hydrogen-bond donors (Lipinski definition) is 0. The van der Waals surface area contributed by atoms with Crippen LogP contribution in [0.15, 0.2) is 77.3 Å². The zero-order valence-corrected chi connectivity index (χ0v) is 15.6. The topological polar surface area (TPSA) is 0 Å². The molecule has 3 aromatic rings. The number of halogens is 1. The van der Waals surface area contributed by atoms with Gasteiger partial charge in [0.15, 0.2) is 0 Å². The quantitative estimate of drug-likeness (QED) is 0.476. The fourth-order valence-corrected chi connectivity index (χ4v) is 2.66. The van der Waals surface area contributed by atoms with E-state index in [-0.39, 0.29) is 0 Å². The molecule has 1 heteroatoms. The maximum Gasteiger partial charge on any atom is 0.0204 e. The van der Waals surface area contributed by atoms with Gasteiger partial charge in [-0.05, 0) is 61.1 Å². The predicted molar refractivity (Wildman–Crippen MR) is 104 cm³/mol. The van der Waals surface area contributed by atoms with Crippen LogP contribution in [0.5, 0.6) is 0 Å². The Labute approximate surface area is 148 Å². The van der Waals surface area contributed by atoms with Crippen molar-refractivity contribution < 1.29 is 0 Å². The molecule has 0 amide bonds. The Kier molecular flexibility index (Phi) is 6.61. The molecule has 0 aliphatic heterocycles. The van der Waals surface area contributed by atoms with Gasteiger partial charge in [0.1, 0.15) is 0 Å². The molecule has 0 unspecified atom stereocenters. The molecule has 118 valence electrons. The van der Waals surface area contributed by atoms with E-state index in [1.54, 1.807) is 0 Å². The summed E-state index contributed by atoms with van der Waals surface area (Å²) in [7, 11) is 0. The van der Waals surface area contributed by atoms with E-state index < -0.39 is 0 Å². The summed E-state index contributed by atoms with van der Waals surface area (Å²) in [5, 5.41) is 0.